The molecule has 2 amide bonds. The van der Waals surface area contributed by atoms with Crippen molar-refractivity contribution in [1.29, 1.82) is 0 Å². The molecule has 1 fully saturated rings. The topological polar surface area (TPSA) is 59.1 Å². The van der Waals surface area contributed by atoms with Gasteiger partial charge in [-0.3, -0.25) is 9.59 Å². The lowest BCUT2D eigenvalue weighted by Crippen LogP contribution is -2.52. The van der Waals surface area contributed by atoms with Gasteiger partial charge in [0.1, 0.15) is 11.5 Å². The molecule has 0 bridgehead atoms. The molecular formula is C21H23ClN2O4. The van der Waals surface area contributed by atoms with Gasteiger partial charge in [0.05, 0.1) is 0 Å². The normalized spacial score (nSPS) is 13.9. The molecule has 7 heteroatoms. The lowest BCUT2D eigenvalue weighted by atomic mass is 10.2. The number of aryl methyl sites for hydroxylation is 1. The second kappa shape index (κ2) is 9.46. The second-order valence-electron chi connectivity index (χ2n) is 6.61. The third kappa shape index (κ3) is 5.63. The lowest BCUT2D eigenvalue weighted by molar-refractivity contribution is -0.141. The van der Waals surface area contributed by atoms with E-state index in [4.69, 9.17) is 21.1 Å². The largest absolute Gasteiger partial charge is 0.484 e. The number of piperazine rings is 1. The van der Waals surface area contributed by atoms with Gasteiger partial charge in [0.15, 0.2) is 13.2 Å². The zero-order valence-electron chi connectivity index (χ0n) is 15.8. The van der Waals surface area contributed by atoms with E-state index in [9.17, 15) is 9.59 Å². The van der Waals surface area contributed by atoms with Crippen LogP contribution in [0.1, 0.15) is 5.56 Å². The molecule has 1 aliphatic rings. The second-order valence-corrected chi connectivity index (χ2v) is 7.04. The fourth-order valence-electron chi connectivity index (χ4n) is 2.84. The Bertz CT molecular complexity index is 731. The van der Waals surface area contributed by atoms with Gasteiger partial charge in [-0.2, -0.15) is 0 Å². The summed E-state index contributed by atoms with van der Waals surface area (Å²) in [6.45, 7) is 3.91. The Morgan fingerprint density at radius 2 is 1.18 bits per heavy atom. The van der Waals surface area contributed by atoms with Crippen molar-refractivity contribution in [3.63, 3.8) is 0 Å². The van der Waals surface area contributed by atoms with Crippen molar-refractivity contribution in [2.45, 2.75) is 6.92 Å². The van der Waals surface area contributed by atoms with Crippen LogP contribution in [0.4, 0.5) is 0 Å². The molecule has 6 nitrogen and oxygen atoms in total. The number of halogens is 1. The molecule has 148 valence electrons. The number of nitrogens with zero attached hydrogens (tertiary/aromatic N) is 2. The summed E-state index contributed by atoms with van der Waals surface area (Å²) in [6, 6.07) is 14.4. The standard InChI is InChI=1S/C21H23ClN2O4/c1-16-2-6-18(7-3-16)27-14-20(25)23-10-12-24(13-11-23)21(26)15-28-19-8-4-17(22)5-9-19/h2-9H,10-15H2,1H3. The minimum absolute atomic E-state index is 0.00329. The molecule has 28 heavy (non-hydrogen) atoms. The first kappa shape index (κ1) is 20.0. The predicted molar refractivity (Wildman–Crippen MR) is 107 cm³/mol. The van der Waals surface area contributed by atoms with Crippen LogP contribution in [0.15, 0.2) is 48.5 Å². The number of amides is 2. The van der Waals surface area contributed by atoms with Crippen LogP contribution >= 0.6 is 11.6 Å². The Hall–Kier alpha value is -2.73. The van der Waals surface area contributed by atoms with Gasteiger partial charge in [-0.15, -0.1) is 0 Å². The molecule has 0 aliphatic carbocycles. The van der Waals surface area contributed by atoms with Gasteiger partial charge in [0.25, 0.3) is 11.8 Å². The first-order valence-electron chi connectivity index (χ1n) is 9.14. The highest BCUT2D eigenvalue weighted by Gasteiger charge is 2.24. The van der Waals surface area contributed by atoms with E-state index in [1.807, 2.05) is 31.2 Å². The van der Waals surface area contributed by atoms with Crippen LogP contribution in [0, 0.1) is 6.92 Å². The summed E-state index contributed by atoms with van der Waals surface area (Å²) >= 11 is 5.83. The minimum atomic E-state index is -0.0991. The van der Waals surface area contributed by atoms with Crippen molar-refractivity contribution in [3.05, 3.63) is 59.1 Å². The Morgan fingerprint density at radius 3 is 1.61 bits per heavy atom. The van der Waals surface area contributed by atoms with Crippen LogP contribution in [0.5, 0.6) is 11.5 Å². The maximum Gasteiger partial charge on any atom is 0.260 e. The van der Waals surface area contributed by atoms with E-state index in [1.165, 1.54) is 0 Å². The van der Waals surface area contributed by atoms with E-state index >= 15 is 0 Å². The first-order valence-corrected chi connectivity index (χ1v) is 9.52. The van der Waals surface area contributed by atoms with Crippen LogP contribution in [0.25, 0.3) is 0 Å². The molecular weight excluding hydrogens is 380 g/mol. The molecule has 0 atom stereocenters. The molecule has 3 rings (SSSR count). The highest BCUT2D eigenvalue weighted by Crippen LogP contribution is 2.16. The van der Waals surface area contributed by atoms with Crippen LogP contribution in [0.3, 0.4) is 0 Å². The molecule has 0 N–H and O–H groups in total. The summed E-state index contributed by atoms with van der Waals surface area (Å²) in [7, 11) is 0. The predicted octanol–water partition coefficient (Wildman–Crippen LogP) is 2.78. The molecule has 2 aromatic rings. The number of hydrogen-bond donors (Lipinski definition) is 0. The quantitative estimate of drug-likeness (QED) is 0.745. The number of carbonyl (C=O) groups is 2. The maximum absolute atomic E-state index is 12.3. The van der Waals surface area contributed by atoms with Gasteiger partial charge in [0.2, 0.25) is 0 Å². The van der Waals surface area contributed by atoms with E-state index in [0.717, 1.165) is 5.56 Å². The maximum atomic E-state index is 12.3. The van der Waals surface area contributed by atoms with Gasteiger partial charge in [-0.05, 0) is 43.3 Å². The van der Waals surface area contributed by atoms with E-state index in [2.05, 4.69) is 0 Å². The van der Waals surface area contributed by atoms with Crippen molar-refractivity contribution >= 4 is 23.4 Å². The van der Waals surface area contributed by atoms with Crippen LogP contribution in [-0.2, 0) is 9.59 Å². The fourth-order valence-corrected chi connectivity index (χ4v) is 2.97. The molecule has 0 aromatic heterocycles. The molecule has 1 heterocycles. The van der Waals surface area contributed by atoms with Crippen molar-refractivity contribution in [2.75, 3.05) is 39.4 Å². The smallest absolute Gasteiger partial charge is 0.260 e. The van der Waals surface area contributed by atoms with Gasteiger partial charge >= 0.3 is 0 Å². The van der Waals surface area contributed by atoms with Gasteiger partial charge < -0.3 is 19.3 Å². The number of ether oxygens (including phenoxy) is 2. The first-order chi connectivity index (χ1) is 13.5. The zero-order valence-corrected chi connectivity index (χ0v) is 16.5. The molecule has 0 radical (unpaired) electrons. The van der Waals surface area contributed by atoms with Crippen molar-refractivity contribution in [3.8, 4) is 11.5 Å². The third-order valence-electron chi connectivity index (χ3n) is 4.54. The monoisotopic (exact) mass is 402 g/mol. The fraction of sp³-hybridized carbons (Fsp3) is 0.333. The van der Waals surface area contributed by atoms with Crippen molar-refractivity contribution in [2.24, 2.45) is 0 Å². The van der Waals surface area contributed by atoms with E-state index in [1.54, 1.807) is 34.1 Å². The molecule has 1 saturated heterocycles. The highest BCUT2D eigenvalue weighted by atomic mass is 35.5. The zero-order chi connectivity index (χ0) is 19.9. The summed E-state index contributed by atoms with van der Waals surface area (Å²) in [5.74, 6) is 1.09. The van der Waals surface area contributed by atoms with E-state index in [-0.39, 0.29) is 25.0 Å². The molecule has 2 aromatic carbocycles. The number of benzene rings is 2. The Kier molecular flexibility index (Phi) is 6.76. The summed E-state index contributed by atoms with van der Waals surface area (Å²) in [6.07, 6.45) is 0. The van der Waals surface area contributed by atoms with Gasteiger partial charge in [0, 0.05) is 31.2 Å². The van der Waals surface area contributed by atoms with Crippen molar-refractivity contribution < 1.29 is 19.1 Å². The van der Waals surface area contributed by atoms with Crippen LogP contribution in [-0.4, -0.2) is 61.0 Å². The Morgan fingerprint density at radius 1 is 0.786 bits per heavy atom. The number of carbonyl (C=O) groups excluding carboxylic acids is 2. The highest BCUT2D eigenvalue weighted by molar-refractivity contribution is 6.30. The average molecular weight is 403 g/mol. The summed E-state index contributed by atoms with van der Waals surface area (Å²) in [5.41, 5.74) is 1.14. The van der Waals surface area contributed by atoms with Gasteiger partial charge in [-0.25, -0.2) is 0 Å². The van der Waals surface area contributed by atoms with E-state index < -0.39 is 0 Å². The Balaban J connectivity index is 1.39. The number of rotatable bonds is 6. The molecule has 0 saturated carbocycles. The summed E-state index contributed by atoms with van der Waals surface area (Å²) in [5, 5.41) is 0.617. The lowest BCUT2D eigenvalue weighted by Gasteiger charge is -2.34. The Labute approximate surface area is 169 Å². The molecule has 1 aliphatic heterocycles. The van der Waals surface area contributed by atoms with Crippen LogP contribution in [0.2, 0.25) is 5.02 Å². The van der Waals surface area contributed by atoms with Crippen molar-refractivity contribution in [1.82, 2.24) is 9.80 Å². The number of hydrogen-bond acceptors (Lipinski definition) is 4. The molecule has 0 spiro atoms. The molecule has 0 unspecified atom stereocenters. The SMILES string of the molecule is Cc1ccc(OCC(=O)N2CCN(C(=O)COc3ccc(Cl)cc3)CC2)cc1. The van der Waals surface area contributed by atoms with E-state index in [0.29, 0.717) is 42.7 Å². The van der Waals surface area contributed by atoms with Gasteiger partial charge in [-0.1, -0.05) is 29.3 Å². The summed E-state index contributed by atoms with van der Waals surface area (Å²) < 4.78 is 11.0. The summed E-state index contributed by atoms with van der Waals surface area (Å²) in [4.78, 5) is 28.0. The third-order valence-corrected chi connectivity index (χ3v) is 4.80. The average Bonchev–Trinajstić information content (AvgIpc) is 2.72. The minimum Gasteiger partial charge on any atom is -0.484 e. The van der Waals surface area contributed by atoms with Crippen LogP contribution < -0.4 is 9.47 Å².